The summed E-state index contributed by atoms with van der Waals surface area (Å²) >= 11 is 1.33. The van der Waals surface area contributed by atoms with E-state index in [9.17, 15) is 4.79 Å². The second-order valence-corrected chi connectivity index (χ2v) is 8.27. The van der Waals surface area contributed by atoms with Crippen LogP contribution in [-0.2, 0) is 0 Å². The molecule has 0 N–H and O–H groups in total. The van der Waals surface area contributed by atoms with Crippen LogP contribution in [-0.4, -0.2) is 39.9 Å². The molecule has 6 rings (SSSR count). The fraction of sp³-hybridized carbons (Fsp3) is 0.125. The van der Waals surface area contributed by atoms with Crippen LogP contribution in [0.3, 0.4) is 0 Å². The van der Waals surface area contributed by atoms with Crippen molar-refractivity contribution in [3.05, 3.63) is 72.3 Å². The third-order valence-electron chi connectivity index (χ3n) is 5.31. The molecular formula is C24H17N3O5S. The van der Waals surface area contributed by atoms with Crippen molar-refractivity contribution in [2.24, 2.45) is 0 Å². The number of carbonyl (C=O) groups is 1. The van der Waals surface area contributed by atoms with Crippen LogP contribution < -0.4 is 18.9 Å². The quantitative estimate of drug-likeness (QED) is 0.311. The Morgan fingerprint density at radius 2 is 1.52 bits per heavy atom. The number of rotatable bonds is 6. The molecule has 1 aromatic heterocycles. The molecule has 9 heteroatoms. The van der Waals surface area contributed by atoms with E-state index in [0.717, 1.165) is 11.3 Å². The molecular weight excluding hydrogens is 442 g/mol. The standard InChI is InChI=1S/C24H17N3O5S/c28-18(15-6-8-19-21(10-15)31-13-29-19)12-33-24-26-25-23(27(24)17-4-2-1-3-5-17)16-7-9-20-22(11-16)32-14-30-20/h1-11H,12-14H2. The van der Waals surface area contributed by atoms with Gasteiger partial charge in [-0.05, 0) is 48.5 Å². The summed E-state index contributed by atoms with van der Waals surface area (Å²) < 4.78 is 23.6. The highest BCUT2D eigenvalue weighted by Gasteiger charge is 2.21. The van der Waals surface area contributed by atoms with Gasteiger partial charge in [0.1, 0.15) is 0 Å². The van der Waals surface area contributed by atoms with Crippen molar-refractivity contribution >= 4 is 17.5 Å². The molecule has 3 heterocycles. The van der Waals surface area contributed by atoms with Gasteiger partial charge in [-0.25, -0.2) is 0 Å². The first kappa shape index (κ1) is 19.7. The molecule has 0 radical (unpaired) electrons. The maximum atomic E-state index is 12.9. The first-order valence-corrected chi connectivity index (χ1v) is 11.2. The van der Waals surface area contributed by atoms with E-state index < -0.39 is 0 Å². The summed E-state index contributed by atoms with van der Waals surface area (Å²) in [6, 6.07) is 20.7. The largest absolute Gasteiger partial charge is 0.454 e. The van der Waals surface area contributed by atoms with Gasteiger partial charge in [0.05, 0.1) is 5.75 Å². The van der Waals surface area contributed by atoms with Crippen molar-refractivity contribution in [1.29, 1.82) is 0 Å². The Balaban J connectivity index is 1.31. The van der Waals surface area contributed by atoms with Gasteiger partial charge in [0.15, 0.2) is 39.8 Å². The zero-order valence-corrected chi connectivity index (χ0v) is 18.1. The molecule has 4 aromatic rings. The Hall–Kier alpha value is -3.98. The normalized spacial score (nSPS) is 13.3. The third kappa shape index (κ3) is 3.66. The lowest BCUT2D eigenvalue weighted by Gasteiger charge is -2.10. The molecule has 0 atom stereocenters. The predicted molar refractivity (Wildman–Crippen MR) is 121 cm³/mol. The Labute approximate surface area is 193 Å². The molecule has 2 aliphatic heterocycles. The van der Waals surface area contributed by atoms with Gasteiger partial charge < -0.3 is 18.9 Å². The maximum Gasteiger partial charge on any atom is 0.231 e. The molecule has 0 saturated carbocycles. The van der Waals surface area contributed by atoms with Crippen LogP contribution in [0.5, 0.6) is 23.0 Å². The van der Waals surface area contributed by atoms with Crippen LogP contribution in [0.1, 0.15) is 10.4 Å². The van der Waals surface area contributed by atoms with Crippen LogP contribution in [0.2, 0.25) is 0 Å². The lowest BCUT2D eigenvalue weighted by Crippen LogP contribution is -2.05. The van der Waals surface area contributed by atoms with E-state index in [-0.39, 0.29) is 25.1 Å². The predicted octanol–water partition coefficient (Wildman–Crippen LogP) is 4.37. The van der Waals surface area contributed by atoms with Crippen LogP contribution in [0.4, 0.5) is 0 Å². The van der Waals surface area contributed by atoms with E-state index >= 15 is 0 Å². The number of para-hydroxylation sites is 1. The van der Waals surface area contributed by atoms with E-state index in [2.05, 4.69) is 10.2 Å². The van der Waals surface area contributed by atoms with Crippen molar-refractivity contribution in [3.63, 3.8) is 0 Å². The smallest absolute Gasteiger partial charge is 0.231 e. The van der Waals surface area contributed by atoms with Gasteiger partial charge in [-0.1, -0.05) is 30.0 Å². The number of Topliss-reactive ketones (excluding diaryl/α,β-unsaturated/α-hetero) is 1. The summed E-state index contributed by atoms with van der Waals surface area (Å²) in [6.45, 7) is 0.373. The van der Waals surface area contributed by atoms with Gasteiger partial charge in [0.2, 0.25) is 13.6 Å². The second-order valence-electron chi connectivity index (χ2n) is 7.33. The van der Waals surface area contributed by atoms with E-state index in [4.69, 9.17) is 18.9 Å². The molecule has 0 unspecified atom stereocenters. The molecule has 2 aliphatic rings. The molecule has 0 aliphatic carbocycles. The number of hydrogen-bond acceptors (Lipinski definition) is 8. The fourth-order valence-electron chi connectivity index (χ4n) is 3.68. The summed E-state index contributed by atoms with van der Waals surface area (Å²) in [4.78, 5) is 12.9. The van der Waals surface area contributed by atoms with Crippen molar-refractivity contribution in [3.8, 4) is 40.1 Å². The average molecular weight is 459 g/mol. The first-order valence-electron chi connectivity index (χ1n) is 10.2. The minimum Gasteiger partial charge on any atom is -0.454 e. The van der Waals surface area contributed by atoms with Crippen molar-refractivity contribution in [2.75, 3.05) is 19.3 Å². The Bertz CT molecular complexity index is 1360. The highest BCUT2D eigenvalue weighted by atomic mass is 32.2. The zero-order valence-electron chi connectivity index (χ0n) is 17.3. The fourth-order valence-corrected chi connectivity index (χ4v) is 4.53. The van der Waals surface area contributed by atoms with E-state index in [1.54, 1.807) is 18.2 Å². The number of thioether (sulfide) groups is 1. The van der Waals surface area contributed by atoms with Crippen molar-refractivity contribution < 1.29 is 23.7 Å². The summed E-state index contributed by atoms with van der Waals surface area (Å²) in [6.07, 6.45) is 0. The number of nitrogens with zero attached hydrogens (tertiary/aromatic N) is 3. The molecule has 0 amide bonds. The average Bonchev–Trinajstić information content (AvgIpc) is 3.61. The first-order chi connectivity index (χ1) is 16.3. The molecule has 0 bridgehead atoms. The molecule has 3 aromatic carbocycles. The SMILES string of the molecule is O=C(CSc1nnc(-c2ccc3c(c2)OCO3)n1-c1ccccc1)c1ccc2c(c1)OCO2. The van der Waals surface area contributed by atoms with Gasteiger partial charge in [-0.2, -0.15) is 0 Å². The number of fused-ring (bicyclic) bond motifs is 2. The lowest BCUT2D eigenvalue weighted by atomic mass is 10.1. The number of ether oxygens (including phenoxy) is 4. The molecule has 164 valence electrons. The number of benzene rings is 3. The van der Waals surface area contributed by atoms with Crippen LogP contribution in [0.15, 0.2) is 71.9 Å². The Morgan fingerprint density at radius 3 is 2.30 bits per heavy atom. The van der Waals surface area contributed by atoms with Crippen LogP contribution >= 0.6 is 11.8 Å². The summed E-state index contributed by atoms with van der Waals surface area (Å²) in [5, 5.41) is 9.44. The second kappa shape index (κ2) is 8.18. The topological polar surface area (TPSA) is 84.7 Å². The summed E-state index contributed by atoms with van der Waals surface area (Å²) in [5.74, 6) is 3.42. The lowest BCUT2D eigenvalue weighted by molar-refractivity contribution is 0.102. The van der Waals surface area contributed by atoms with Gasteiger partial charge in [0.25, 0.3) is 0 Å². The number of aromatic nitrogens is 3. The van der Waals surface area contributed by atoms with Gasteiger partial charge in [-0.3, -0.25) is 9.36 Å². The Kier molecular flexibility index (Phi) is 4.88. The number of ketones is 1. The molecule has 8 nitrogen and oxygen atoms in total. The van der Waals surface area contributed by atoms with E-state index in [1.807, 2.05) is 53.1 Å². The highest BCUT2D eigenvalue weighted by Crippen LogP contribution is 2.37. The number of hydrogen-bond donors (Lipinski definition) is 0. The van der Waals surface area contributed by atoms with Gasteiger partial charge in [-0.15, -0.1) is 10.2 Å². The minimum atomic E-state index is -0.0365. The third-order valence-corrected chi connectivity index (χ3v) is 6.23. The maximum absolute atomic E-state index is 12.9. The van der Waals surface area contributed by atoms with Gasteiger partial charge >= 0.3 is 0 Å². The van der Waals surface area contributed by atoms with E-state index in [1.165, 1.54) is 11.8 Å². The molecule has 0 saturated heterocycles. The van der Waals surface area contributed by atoms with Crippen molar-refractivity contribution in [2.45, 2.75) is 5.16 Å². The zero-order chi connectivity index (χ0) is 22.2. The Morgan fingerprint density at radius 1 is 0.818 bits per heavy atom. The monoisotopic (exact) mass is 459 g/mol. The van der Waals surface area contributed by atoms with Gasteiger partial charge in [0, 0.05) is 16.8 Å². The van der Waals surface area contributed by atoms with Crippen LogP contribution in [0, 0.1) is 0 Å². The van der Waals surface area contributed by atoms with Crippen LogP contribution in [0.25, 0.3) is 17.1 Å². The molecule has 33 heavy (non-hydrogen) atoms. The van der Waals surface area contributed by atoms with E-state index in [0.29, 0.717) is 39.5 Å². The molecule has 0 spiro atoms. The van der Waals surface area contributed by atoms with Crippen molar-refractivity contribution in [1.82, 2.24) is 14.8 Å². The highest BCUT2D eigenvalue weighted by molar-refractivity contribution is 7.99. The molecule has 0 fully saturated rings. The summed E-state index contributed by atoms with van der Waals surface area (Å²) in [7, 11) is 0. The number of carbonyl (C=O) groups excluding carboxylic acids is 1. The minimum absolute atomic E-state index is 0.0365. The summed E-state index contributed by atoms with van der Waals surface area (Å²) in [5.41, 5.74) is 2.30.